The fraction of sp³-hybridized carbons (Fsp3) is 0.0667. The van der Waals surface area contributed by atoms with Gasteiger partial charge in [-0.25, -0.2) is 8.78 Å². The Morgan fingerprint density at radius 3 is 2.64 bits per heavy atom. The van der Waals surface area contributed by atoms with Gasteiger partial charge in [-0.3, -0.25) is 9.69 Å². The molecule has 0 spiro atoms. The molecule has 3 rings (SSSR count). The number of likely N-dealkylation sites (N-methyl/N-ethyl adjacent to an activating group) is 1. The zero-order valence-electron chi connectivity index (χ0n) is 11.4. The van der Waals surface area contributed by atoms with E-state index in [9.17, 15) is 13.6 Å². The number of thiocarbonyl (C=S) groups is 1. The molecule has 7 heteroatoms. The molecule has 0 unspecified atom stereocenters. The summed E-state index contributed by atoms with van der Waals surface area (Å²) in [6.07, 6.45) is 1.50. The summed E-state index contributed by atoms with van der Waals surface area (Å²) >= 11 is 4.97. The Hall–Kier alpha value is -2.54. The van der Waals surface area contributed by atoms with Crippen molar-refractivity contribution in [2.45, 2.75) is 0 Å². The highest BCUT2D eigenvalue weighted by Crippen LogP contribution is 2.25. The van der Waals surface area contributed by atoms with E-state index in [4.69, 9.17) is 16.6 Å². The Kier molecular flexibility index (Phi) is 3.50. The molecule has 1 aliphatic rings. The van der Waals surface area contributed by atoms with Crippen molar-refractivity contribution in [3.63, 3.8) is 0 Å². The van der Waals surface area contributed by atoms with Crippen LogP contribution in [-0.2, 0) is 4.79 Å². The van der Waals surface area contributed by atoms with Gasteiger partial charge in [0.05, 0.1) is 0 Å². The van der Waals surface area contributed by atoms with Gasteiger partial charge in [-0.1, -0.05) is 0 Å². The number of hydrogen-bond donors (Lipinski definition) is 1. The maximum atomic E-state index is 13.2. The van der Waals surface area contributed by atoms with Crippen LogP contribution < -0.4 is 5.32 Å². The first kappa shape index (κ1) is 14.4. The second-order valence-corrected chi connectivity index (χ2v) is 5.07. The number of nitrogens with zero attached hydrogens (tertiary/aromatic N) is 1. The Bertz CT molecular complexity index is 814. The first-order valence-electron chi connectivity index (χ1n) is 6.31. The highest BCUT2D eigenvalue weighted by molar-refractivity contribution is 7.80. The lowest BCUT2D eigenvalue weighted by Gasteiger charge is -2.02. The van der Waals surface area contributed by atoms with Crippen molar-refractivity contribution < 1.29 is 18.0 Å². The van der Waals surface area contributed by atoms with E-state index in [-0.39, 0.29) is 5.91 Å². The lowest BCUT2D eigenvalue weighted by atomic mass is 10.1. The summed E-state index contributed by atoms with van der Waals surface area (Å²) in [7, 11) is 1.56. The Balaban J connectivity index is 1.90. The average molecular weight is 320 g/mol. The van der Waals surface area contributed by atoms with E-state index >= 15 is 0 Å². The lowest BCUT2D eigenvalue weighted by molar-refractivity contribution is -0.121. The van der Waals surface area contributed by atoms with Gasteiger partial charge in [-0.05, 0) is 42.5 Å². The minimum absolute atomic E-state index is 0.268. The molecule has 2 aromatic rings. The van der Waals surface area contributed by atoms with Crippen molar-refractivity contribution in [1.29, 1.82) is 0 Å². The van der Waals surface area contributed by atoms with Gasteiger partial charge in [0, 0.05) is 18.7 Å². The normalized spacial score (nSPS) is 16.5. The molecule has 1 fully saturated rings. The van der Waals surface area contributed by atoms with E-state index in [1.54, 1.807) is 19.2 Å². The molecule has 0 atom stereocenters. The first-order valence-corrected chi connectivity index (χ1v) is 6.72. The van der Waals surface area contributed by atoms with Crippen molar-refractivity contribution in [2.75, 3.05) is 7.05 Å². The summed E-state index contributed by atoms with van der Waals surface area (Å²) in [6.45, 7) is 0. The Morgan fingerprint density at radius 2 is 2.00 bits per heavy atom. The van der Waals surface area contributed by atoms with Gasteiger partial charge in [-0.15, -0.1) is 0 Å². The molecule has 1 N–H and O–H groups in total. The minimum atomic E-state index is -0.951. The molecule has 1 amide bonds. The zero-order valence-corrected chi connectivity index (χ0v) is 12.2. The molecule has 0 saturated carbocycles. The fourth-order valence-corrected chi connectivity index (χ4v) is 2.19. The molecule has 1 saturated heterocycles. The second-order valence-electron chi connectivity index (χ2n) is 4.68. The molecule has 112 valence electrons. The molecule has 22 heavy (non-hydrogen) atoms. The van der Waals surface area contributed by atoms with Gasteiger partial charge in [0.1, 0.15) is 17.2 Å². The van der Waals surface area contributed by atoms with Crippen molar-refractivity contribution in [1.82, 2.24) is 10.2 Å². The molecule has 4 nitrogen and oxygen atoms in total. The summed E-state index contributed by atoms with van der Waals surface area (Å²) in [5.41, 5.74) is 0.695. The molecule has 1 aliphatic heterocycles. The van der Waals surface area contributed by atoms with Crippen molar-refractivity contribution in [3.8, 4) is 11.3 Å². The van der Waals surface area contributed by atoms with E-state index in [0.29, 0.717) is 27.9 Å². The first-order chi connectivity index (χ1) is 10.5. The highest BCUT2D eigenvalue weighted by atomic mass is 32.1. The number of carbonyl (C=O) groups is 1. The van der Waals surface area contributed by atoms with Gasteiger partial charge in [0.2, 0.25) is 0 Å². The van der Waals surface area contributed by atoms with E-state index in [2.05, 4.69) is 5.32 Å². The van der Waals surface area contributed by atoms with Crippen LogP contribution in [0.4, 0.5) is 8.78 Å². The van der Waals surface area contributed by atoms with Crippen LogP contribution in [0.1, 0.15) is 5.76 Å². The van der Waals surface area contributed by atoms with Crippen LogP contribution in [0.25, 0.3) is 17.4 Å². The lowest BCUT2D eigenvalue weighted by Crippen LogP contribution is -2.25. The Labute approximate surface area is 130 Å². The predicted octanol–water partition coefficient (Wildman–Crippen LogP) is 2.91. The van der Waals surface area contributed by atoms with Gasteiger partial charge in [0.25, 0.3) is 5.91 Å². The van der Waals surface area contributed by atoms with Gasteiger partial charge >= 0.3 is 0 Å². The summed E-state index contributed by atoms with van der Waals surface area (Å²) < 4.78 is 31.7. The molecular formula is C15H10F2N2O2S. The van der Waals surface area contributed by atoms with Gasteiger partial charge < -0.3 is 9.73 Å². The summed E-state index contributed by atoms with van der Waals surface area (Å²) in [6, 6.07) is 6.73. The third-order valence-corrected chi connectivity index (χ3v) is 3.57. The molecule has 0 aliphatic carbocycles. The van der Waals surface area contributed by atoms with Crippen LogP contribution in [0.5, 0.6) is 0 Å². The number of carbonyl (C=O) groups excluding carboxylic acids is 1. The molecule has 0 bridgehead atoms. The summed E-state index contributed by atoms with van der Waals surface area (Å²) in [4.78, 5) is 13.2. The third-order valence-electron chi connectivity index (χ3n) is 3.20. The molecule has 0 radical (unpaired) electrons. The van der Waals surface area contributed by atoms with Crippen LogP contribution in [0, 0.1) is 11.6 Å². The minimum Gasteiger partial charge on any atom is -0.457 e. The number of rotatable bonds is 2. The molecule has 1 aromatic carbocycles. The van der Waals surface area contributed by atoms with Gasteiger partial charge in [-0.2, -0.15) is 0 Å². The quantitative estimate of drug-likeness (QED) is 0.683. The number of furan rings is 1. The van der Waals surface area contributed by atoms with E-state index in [0.717, 1.165) is 12.1 Å². The second kappa shape index (κ2) is 5.34. The van der Waals surface area contributed by atoms with Crippen molar-refractivity contribution in [3.05, 3.63) is 53.4 Å². The average Bonchev–Trinajstić information content (AvgIpc) is 3.04. The van der Waals surface area contributed by atoms with Crippen molar-refractivity contribution >= 4 is 29.3 Å². The van der Waals surface area contributed by atoms with Gasteiger partial charge in [0.15, 0.2) is 16.7 Å². The largest absolute Gasteiger partial charge is 0.457 e. The molecule has 1 aromatic heterocycles. The third kappa shape index (κ3) is 2.50. The maximum Gasteiger partial charge on any atom is 0.276 e. The maximum absolute atomic E-state index is 13.2. The van der Waals surface area contributed by atoms with Crippen LogP contribution >= 0.6 is 12.2 Å². The SMILES string of the molecule is CN1C(=O)/C(=C/c2ccc(-c3ccc(F)c(F)c3)o2)NC1=S. The number of benzene rings is 1. The zero-order chi connectivity index (χ0) is 15.9. The molecule has 2 heterocycles. The summed E-state index contributed by atoms with van der Waals surface area (Å²) in [5.74, 6) is -1.38. The van der Waals surface area contributed by atoms with Crippen LogP contribution in [0.3, 0.4) is 0 Å². The summed E-state index contributed by atoms with van der Waals surface area (Å²) in [5, 5.41) is 3.08. The van der Waals surface area contributed by atoms with E-state index in [1.165, 1.54) is 17.0 Å². The predicted molar refractivity (Wildman–Crippen MR) is 80.5 cm³/mol. The number of hydrogen-bond acceptors (Lipinski definition) is 3. The number of amides is 1. The number of halogens is 2. The van der Waals surface area contributed by atoms with E-state index in [1.807, 2.05) is 0 Å². The standard InChI is InChI=1S/C15H10F2N2O2S/c1-19-14(20)12(18-15(19)22)7-9-3-5-13(21-9)8-2-4-10(16)11(17)6-8/h2-7H,1H3,(H,18,22)/b12-7-. The number of nitrogens with one attached hydrogen (secondary N) is 1. The van der Waals surface area contributed by atoms with E-state index < -0.39 is 11.6 Å². The van der Waals surface area contributed by atoms with Crippen LogP contribution in [0.2, 0.25) is 0 Å². The fourth-order valence-electron chi connectivity index (χ4n) is 2.00. The highest BCUT2D eigenvalue weighted by Gasteiger charge is 2.27. The van der Waals surface area contributed by atoms with Crippen LogP contribution in [0.15, 0.2) is 40.4 Å². The smallest absolute Gasteiger partial charge is 0.276 e. The van der Waals surface area contributed by atoms with Crippen LogP contribution in [-0.4, -0.2) is 23.0 Å². The molecular weight excluding hydrogens is 310 g/mol. The topological polar surface area (TPSA) is 45.5 Å². The van der Waals surface area contributed by atoms with Crippen molar-refractivity contribution in [2.24, 2.45) is 0 Å². The monoisotopic (exact) mass is 320 g/mol. The Morgan fingerprint density at radius 1 is 1.23 bits per heavy atom.